The van der Waals surface area contributed by atoms with Crippen LogP contribution in [0.3, 0.4) is 0 Å². The molecule has 22 heavy (non-hydrogen) atoms. The number of benzene rings is 2. The summed E-state index contributed by atoms with van der Waals surface area (Å²) in [7, 11) is 0. The standard InChI is InChI=1S/C20H28N2/c1-16(2)15-17(3)18-9-11-20(12-10-18)22-14-13-21-19-7-5-4-6-8-19/h4-12,16-17,21-22H,13-15H2,1-3H3. The van der Waals surface area contributed by atoms with Crippen LogP contribution >= 0.6 is 0 Å². The number of rotatable bonds is 8. The van der Waals surface area contributed by atoms with Crippen LogP contribution < -0.4 is 10.6 Å². The fourth-order valence-electron chi connectivity index (χ4n) is 2.74. The molecule has 0 saturated carbocycles. The summed E-state index contributed by atoms with van der Waals surface area (Å²) in [6.45, 7) is 8.70. The van der Waals surface area contributed by atoms with E-state index >= 15 is 0 Å². The van der Waals surface area contributed by atoms with Crippen molar-refractivity contribution >= 4 is 11.4 Å². The number of nitrogens with one attached hydrogen (secondary N) is 2. The smallest absolute Gasteiger partial charge is 0.0340 e. The molecule has 118 valence electrons. The lowest BCUT2D eigenvalue weighted by Crippen LogP contribution is -2.13. The lowest BCUT2D eigenvalue weighted by Gasteiger charge is -2.15. The summed E-state index contributed by atoms with van der Waals surface area (Å²) in [5.41, 5.74) is 3.79. The van der Waals surface area contributed by atoms with Gasteiger partial charge in [-0.1, -0.05) is 51.1 Å². The highest BCUT2D eigenvalue weighted by molar-refractivity contribution is 5.46. The van der Waals surface area contributed by atoms with Gasteiger partial charge >= 0.3 is 0 Å². The number of hydrogen-bond donors (Lipinski definition) is 2. The fraction of sp³-hybridized carbons (Fsp3) is 0.400. The summed E-state index contributed by atoms with van der Waals surface area (Å²) < 4.78 is 0. The van der Waals surface area contributed by atoms with Gasteiger partial charge in [0.05, 0.1) is 0 Å². The maximum atomic E-state index is 3.46. The molecule has 2 heteroatoms. The second kappa shape index (κ2) is 8.47. The van der Waals surface area contributed by atoms with Crippen molar-refractivity contribution in [1.82, 2.24) is 0 Å². The van der Waals surface area contributed by atoms with Crippen molar-refractivity contribution in [3.8, 4) is 0 Å². The molecule has 0 radical (unpaired) electrons. The van der Waals surface area contributed by atoms with Crippen molar-refractivity contribution in [3.05, 3.63) is 60.2 Å². The fourth-order valence-corrected chi connectivity index (χ4v) is 2.74. The first-order valence-corrected chi connectivity index (χ1v) is 8.28. The third kappa shape index (κ3) is 5.44. The highest BCUT2D eigenvalue weighted by Gasteiger charge is 2.07. The molecule has 0 heterocycles. The summed E-state index contributed by atoms with van der Waals surface area (Å²) in [6.07, 6.45) is 1.24. The first kappa shape index (κ1) is 16.4. The molecule has 0 saturated heterocycles. The van der Waals surface area contributed by atoms with E-state index in [0.717, 1.165) is 19.0 Å². The molecule has 2 aromatic carbocycles. The van der Waals surface area contributed by atoms with Crippen molar-refractivity contribution in [1.29, 1.82) is 0 Å². The van der Waals surface area contributed by atoms with E-state index in [1.807, 2.05) is 18.2 Å². The van der Waals surface area contributed by atoms with Crippen LogP contribution in [0.1, 0.15) is 38.7 Å². The molecule has 1 unspecified atom stereocenters. The van der Waals surface area contributed by atoms with E-state index in [-0.39, 0.29) is 0 Å². The van der Waals surface area contributed by atoms with Crippen LogP contribution in [-0.2, 0) is 0 Å². The Balaban J connectivity index is 1.74. The van der Waals surface area contributed by atoms with Crippen LogP contribution in [0.4, 0.5) is 11.4 Å². The average Bonchev–Trinajstić information content (AvgIpc) is 2.52. The summed E-state index contributed by atoms with van der Waals surface area (Å²) >= 11 is 0. The van der Waals surface area contributed by atoms with Crippen LogP contribution in [0, 0.1) is 5.92 Å². The molecule has 2 aromatic rings. The quantitative estimate of drug-likeness (QED) is 0.641. The molecule has 2 rings (SSSR count). The van der Waals surface area contributed by atoms with Gasteiger partial charge in [-0.15, -0.1) is 0 Å². The molecule has 0 aromatic heterocycles. The molecule has 2 nitrogen and oxygen atoms in total. The molecule has 0 aliphatic rings. The summed E-state index contributed by atoms with van der Waals surface area (Å²) in [4.78, 5) is 0. The molecule has 2 N–H and O–H groups in total. The maximum Gasteiger partial charge on any atom is 0.0340 e. The van der Waals surface area contributed by atoms with E-state index in [9.17, 15) is 0 Å². The van der Waals surface area contributed by atoms with Gasteiger partial charge in [0, 0.05) is 24.5 Å². The predicted octanol–water partition coefficient (Wildman–Crippen LogP) is 5.36. The Kier molecular flexibility index (Phi) is 6.32. The number of para-hydroxylation sites is 1. The van der Waals surface area contributed by atoms with Crippen LogP contribution in [0.15, 0.2) is 54.6 Å². The zero-order chi connectivity index (χ0) is 15.8. The van der Waals surface area contributed by atoms with Crippen molar-refractivity contribution in [2.24, 2.45) is 5.92 Å². The lowest BCUT2D eigenvalue weighted by atomic mass is 9.92. The van der Waals surface area contributed by atoms with Gasteiger partial charge in [-0.3, -0.25) is 0 Å². The van der Waals surface area contributed by atoms with E-state index in [4.69, 9.17) is 0 Å². The second-order valence-corrected chi connectivity index (χ2v) is 6.37. The van der Waals surface area contributed by atoms with E-state index in [1.165, 1.54) is 23.4 Å². The highest BCUT2D eigenvalue weighted by Crippen LogP contribution is 2.24. The number of hydrogen-bond acceptors (Lipinski definition) is 2. The van der Waals surface area contributed by atoms with Gasteiger partial charge in [0.1, 0.15) is 0 Å². The first-order valence-electron chi connectivity index (χ1n) is 8.28. The molecule has 0 aliphatic carbocycles. The zero-order valence-electron chi connectivity index (χ0n) is 14.0. The largest absolute Gasteiger partial charge is 0.383 e. The van der Waals surface area contributed by atoms with Crippen LogP contribution in [-0.4, -0.2) is 13.1 Å². The molecule has 1 atom stereocenters. The van der Waals surface area contributed by atoms with Gasteiger partial charge in [-0.25, -0.2) is 0 Å². The Morgan fingerprint density at radius 2 is 1.27 bits per heavy atom. The van der Waals surface area contributed by atoms with Gasteiger partial charge in [0.25, 0.3) is 0 Å². The lowest BCUT2D eigenvalue weighted by molar-refractivity contribution is 0.524. The Labute approximate surface area is 135 Å². The normalized spacial score (nSPS) is 12.2. The van der Waals surface area contributed by atoms with Gasteiger partial charge in [-0.05, 0) is 48.1 Å². The summed E-state index contributed by atoms with van der Waals surface area (Å²) in [5.74, 6) is 1.38. The molecular weight excluding hydrogens is 268 g/mol. The van der Waals surface area contributed by atoms with Crippen molar-refractivity contribution in [2.75, 3.05) is 23.7 Å². The van der Waals surface area contributed by atoms with Crippen molar-refractivity contribution in [2.45, 2.75) is 33.1 Å². The summed E-state index contributed by atoms with van der Waals surface area (Å²) in [6, 6.07) is 19.2. The molecule has 0 aliphatic heterocycles. The van der Waals surface area contributed by atoms with E-state index < -0.39 is 0 Å². The van der Waals surface area contributed by atoms with E-state index in [1.54, 1.807) is 0 Å². The molecular formula is C20H28N2. The minimum atomic E-state index is 0.633. The molecule has 0 fully saturated rings. The Morgan fingerprint density at radius 1 is 0.727 bits per heavy atom. The van der Waals surface area contributed by atoms with E-state index in [0.29, 0.717) is 5.92 Å². The predicted molar refractivity (Wildman–Crippen MR) is 97.7 cm³/mol. The van der Waals surface area contributed by atoms with Crippen molar-refractivity contribution in [3.63, 3.8) is 0 Å². The minimum Gasteiger partial charge on any atom is -0.383 e. The zero-order valence-corrected chi connectivity index (χ0v) is 14.0. The maximum absolute atomic E-state index is 3.46. The van der Waals surface area contributed by atoms with Gasteiger partial charge in [0.15, 0.2) is 0 Å². The first-order chi connectivity index (χ1) is 10.6. The Hall–Kier alpha value is -1.96. The topological polar surface area (TPSA) is 24.1 Å². The Morgan fingerprint density at radius 3 is 1.82 bits per heavy atom. The third-order valence-corrected chi connectivity index (χ3v) is 3.86. The average molecular weight is 296 g/mol. The number of anilines is 2. The van der Waals surface area contributed by atoms with Gasteiger partial charge in [-0.2, -0.15) is 0 Å². The summed E-state index contributed by atoms with van der Waals surface area (Å²) in [5, 5.41) is 6.86. The van der Waals surface area contributed by atoms with Gasteiger partial charge < -0.3 is 10.6 Å². The molecule has 0 amide bonds. The van der Waals surface area contributed by atoms with Crippen LogP contribution in [0.25, 0.3) is 0 Å². The van der Waals surface area contributed by atoms with Crippen LogP contribution in [0.2, 0.25) is 0 Å². The third-order valence-electron chi connectivity index (χ3n) is 3.86. The highest BCUT2D eigenvalue weighted by atomic mass is 14.9. The van der Waals surface area contributed by atoms with Gasteiger partial charge in [0.2, 0.25) is 0 Å². The SMILES string of the molecule is CC(C)CC(C)c1ccc(NCCNc2ccccc2)cc1. The van der Waals surface area contributed by atoms with Crippen LogP contribution in [0.5, 0.6) is 0 Å². The second-order valence-electron chi connectivity index (χ2n) is 6.37. The monoisotopic (exact) mass is 296 g/mol. The molecule has 0 spiro atoms. The van der Waals surface area contributed by atoms with Crippen molar-refractivity contribution < 1.29 is 0 Å². The van der Waals surface area contributed by atoms with E-state index in [2.05, 4.69) is 67.8 Å². The molecule has 0 bridgehead atoms. The minimum absolute atomic E-state index is 0.633. The Bertz CT molecular complexity index is 531.